The maximum atomic E-state index is 9.76. The minimum absolute atomic E-state index is 0.624. The quantitative estimate of drug-likeness (QED) is 0.799. The van der Waals surface area contributed by atoms with E-state index < -0.39 is 11.2 Å². The molecule has 0 fully saturated rings. The minimum atomic E-state index is -0.798. The van der Waals surface area contributed by atoms with Crippen LogP contribution in [0.3, 0.4) is 0 Å². The molecule has 0 spiro atoms. The summed E-state index contributed by atoms with van der Waals surface area (Å²) in [7, 11) is 0. The zero-order valence-electron chi connectivity index (χ0n) is 9.91. The number of benzene rings is 1. The first-order valence-electron chi connectivity index (χ1n) is 5.23. The van der Waals surface area contributed by atoms with Gasteiger partial charge < -0.3 is 10.2 Å². The molecule has 1 aromatic carbocycles. The molecule has 0 heterocycles. The van der Waals surface area contributed by atoms with Gasteiger partial charge in [-0.2, -0.15) is 0 Å². The molecule has 0 bridgehead atoms. The van der Waals surface area contributed by atoms with Gasteiger partial charge in [-0.05, 0) is 38.8 Å². The Labute approximate surface area is 91.6 Å². The van der Waals surface area contributed by atoms with Crippen LogP contribution < -0.4 is 0 Å². The summed E-state index contributed by atoms with van der Waals surface area (Å²) in [5.74, 6) is 0. The molecule has 0 unspecified atom stereocenters. The van der Waals surface area contributed by atoms with Gasteiger partial charge in [0.1, 0.15) is 0 Å². The predicted octanol–water partition coefficient (Wildman–Crippen LogP) is 2.23. The highest BCUT2D eigenvalue weighted by molar-refractivity contribution is 5.26. The maximum absolute atomic E-state index is 9.76. The van der Waals surface area contributed by atoms with Gasteiger partial charge in [0.05, 0.1) is 11.2 Å². The SMILES string of the molecule is CC(C)(O)Cc1ccc(C(C)(C)O)cc1. The molecule has 15 heavy (non-hydrogen) atoms. The molecule has 0 aromatic heterocycles. The van der Waals surface area contributed by atoms with Crippen molar-refractivity contribution in [2.45, 2.75) is 45.3 Å². The van der Waals surface area contributed by atoms with Crippen molar-refractivity contribution < 1.29 is 10.2 Å². The lowest BCUT2D eigenvalue weighted by atomic mass is 9.94. The monoisotopic (exact) mass is 208 g/mol. The Morgan fingerprint density at radius 2 is 1.40 bits per heavy atom. The van der Waals surface area contributed by atoms with E-state index in [0.717, 1.165) is 11.1 Å². The normalized spacial score (nSPS) is 12.9. The maximum Gasteiger partial charge on any atom is 0.0840 e. The third-order valence-electron chi connectivity index (χ3n) is 2.30. The zero-order chi connectivity index (χ0) is 11.7. The van der Waals surface area contributed by atoms with E-state index >= 15 is 0 Å². The Morgan fingerprint density at radius 1 is 0.933 bits per heavy atom. The molecule has 0 saturated heterocycles. The summed E-state index contributed by atoms with van der Waals surface area (Å²) in [5, 5.41) is 19.4. The number of hydrogen-bond acceptors (Lipinski definition) is 2. The van der Waals surface area contributed by atoms with Crippen LogP contribution in [0.15, 0.2) is 24.3 Å². The molecule has 0 aliphatic rings. The van der Waals surface area contributed by atoms with E-state index in [-0.39, 0.29) is 0 Å². The van der Waals surface area contributed by atoms with Crippen molar-refractivity contribution in [2.75, 3.05) is 0 Å². The van der Waals surface area contributed by atoms with Crippen LogP contribution in [0, 0.1) is 0 Å². The summed E-state index contributed by atoms with van der Waals surface area (Å²) < 4.78 is 0. The smallest absolute Gasteiger partial charge is 0.0840 e. The number of hydrogen-bond donors (Lipinski definition) is 2. The molecule has 1 rings (SSSR count). The lowest BCUT2D eigenvalue weighted by Gasteiger charge is -2.20. The van der Waals surface area contributed by atoms with Crippen LogP contribution in [0.1, 0.15) is 38.8 Å². The Kier molecular flexibility index (Phi) is 3.22. The third-order valence-corrected chi connectivity index (χ3v) is 2.30. The van der Waals surface area contributed by atoms with Crippen molar-refractivity contribution in [3.8, 4) is 0 Å². The van der Waals surface area contributed by atoms with Crippen LogP contribution >= 0.6 is 0 Å². The van der Waals surface area contributed by atoms with Crippen LogP contribution in [0.2, 0.25) is 0 Å². The van der Waals surface area contributed by atoms with E-state index in [1.807, 2.05) is 24.3 Å². The zero-order valence-corrected chi connectivity index (χ0v) is 9.91. The van der Waals surface area contributed by atoms with Crippen molar-refractivity contribution in [3.05, 3.63) is 35.4 Å². The van der Waals surface area contributed by atoms with Gasteiger partial charge in [-0.25, -0.2) is 0 Å². The fraction of sp³-hybridized carbons (Fsp3) is 0.538. The van der Waals surface area contributed by atoms with Gasteiger partial charge >= 0.3 is 0 Å². The van der Waals surface area contributed by atoms with Gasteiger partial charge in [0.25, 0.3) is 0 Å². The summed E-state index contributed by atoms with van der Waals surface area (Å²) in [6.07, 6.45) is 0.624. The molecule has 2 N–H and O–H groups in total. The van der Waals surface area contributed by atoms with Crippen LogP contribution in [-0.2, 0) is 12.0 Å². The Balaban J connectivity index is 2.82. The van der Waals surface area contributed by atoms with Crippen molar-refractivity contribution in [2.24, 2.45) is 0 Å². The van der Waals surface area contributed by atoms with Gasteiger partial charge in [-0.15, -0.1) is 0 Å². The van der Waals surface area contributed by atoms with Crippen LogP contribution in [0.5, 0.6) is 0 Å². The highest BCUT2D eigenvalue weighted by Crippen LogP contribution is 2.21. The standard InChI is InChI=1S/C13H20O2/c1-12(2,14)9-10-5-7-11(8-6-10)13(3,4)15/h5-8,14-15H,9H2,1-4H3. The highest BCUT2D eigenvalue weighted by Gasteiger charge is 2.17. The van der Waals surface area contributed by atoms with Crippen molar-refractivity contribution in [1.82, 2.24) is 0 Å². The van der Waals surface area contributed by atoms with Crippen molar-refractivity contribution in [3.63, 3.8) is 0 Å². The summed E-state index contributed by atoms with van der Waals surface area (Å²) >= 11 is 0. The van der Waals surface area contributed by atoms with Gasteiger partial charge in [0.2, 0.25) is 0 Å². The molecular formula is C13H20O2. The molecule has 0 radical (unpaired) electrons. The summed E-state index contributed by atoms with van der Waals surface area (Å²) in [6.45, 7) is 7.10. The average molecular weight is 208 g/mol. The Bertz CT molecular complexity index is 312. The number of rotatable bonds is 3. The van der Waals surface area contributed by atoms with E-state index in [1.54, 1.807) is 27.7 Å². The number of aliphatic hydroxyl groups is 2. The van der Waals surface area contributed by atoms with Gasteiger partial charge in [-0.1, -0.05) is 24.3 Å². The lowest BCUT2D eigenvalue weighted by Crippen LogP contribution is -2.22. The highest BCUT2D eigenvalue weighted by atomic mass is 16.3. The van der Waals surface area contributed by atoms with E-state index in [0.29, 0.717) is 6.42 Å². The molecule has 0 saturated carbocycles. The van der Waals surface area contributed by atoms with Crippen LogP contribution in [0.25, 0.3) is 0 Å². The second-order valence-corrected chi connectivity index (χ2v) is 5.25. The fourth-order valence-electron chi connectivity index (χ4n) is 1.53. The van der Waals surface area contributed by atoms with E-state index in [2.05, 4.69) is 0 Å². The molecule has 0 aliphatic carbocycles. The molecule has 2 heteroatoms. The first-order chi connectivity index (χ1) is 6.68. The Morgan fingerprint density at radius 3 is 1.73 bits per heavy atom. The van der Waals surface area contributed by atoms with Crippen LogP contribution in [0.4, 0.5) is 0 Å². The lowest BCUT2D eigenvalue weighted by molar-refractivity contribution is 0.0781. The molecule has 2 nitrogen and oxygen atoms in total. The average Bonchev–Trinajstić information content (AvgIpc) is 2.00. The van der Waals surface area contributed by atoms with Crippen molar-refractivity contribution in [1.29, 1.82) is 0 Å². The van der Waals surface area contributed by atoms with Gasteiger partial charge in [0, 0.05) is 6.42 Å². The van der Waals surface area contributed by atoms with Gasteiger partial charge in [0.15, 0.2) is 0 Å². The molecular weight excluding hydrogens is 188 g/mol. The Hall–Kier alpha value is -0.860. The third kappa shape index (κ3) is 4.02. The summed E-state index contributed by atoms with van der Waals surface area (Å²) in [4.78, 5) is 0. The predicted molar refractivity (Wildman–Crippen MR) is 61.7 cm³/mol. The van der Waals surface area contributed by atoms with Crippen LogP contribution in [-0.4, -0.2) is 15.8 Å². The van der Waals surface area contributed by atoms with E-state index in [9.17, 15) is 10.2 Å². The fourth-order valence-corrected chi connectivity index (χ4v) is 1.53. The van der Waals surface area contributed by atoms with Gasteiger partial charge in [-0.3, -0.25) is 0 Å². The minimum Gasteiger partial charge on any atom is -0.390 e. The molecule has 0 atom stereocenters. The summed E-state index contributed by atoms with van der Waals surface area (Å²) in [5.41, 5.74) is 0.487. The molecule has 0 amide bonds. The summed E-state index contributed by atoms with van der Waals surface area (Å²) in [6, 6.07) is 7.71. The van der Waals surface area contributed by atoms with E-state index in [4.69, 9.17) is 0 Å². The first kappa shape index (κ1) is 12.2. The second-order valence-electron chi connectivity index (χ2n) is 5.25. The first-order valence-corrected chi connectivity index (χ1v) is 5.23. The topological polar surface area (TPSA) is 40.5 Å². The molecule has 84 valence electrons. The van der Waals surface area contributed by atoms with E-state index in [1.165, 1.54) is 0 Å². The van der Waals surface area contributed by atoms with Crippen molar-refractivity contribution >= 4 is 0 Å². The molecule has 0 aliphatic heterocycles. The second kappa shape index (κ2) is 3.95. The largest absolute Gasteiger partial charge is 0.390 e. The molecule has 1 aromatic rings.